The highest BCUT2D eigenvalue weighted by molar-refractivity contribution is 7.09. The quantitative estimate of drug-likeness (QED) is 0.921. The van der Waals surface area contributed by atoms with Crippen molar-refractivity contribution < 1.29 is 4.79 Å². The lowest BCUT2D eigenvalue weighted by atomic mass is 9.48. The minimum atomic E-state index is -0.262. The fourth-order valence-electron chi connectivity index (χ4n) is 4.29. The standard InChI is InChI=1S/C15H23N3OS/c1-10-17-11(7-20-10)4-5-18-6-12-14(2,3)8-15(12,9-18)13(16)19/h7,12H,4-6,8-9H2,1-3H3,(H2,16,19)/t12-,15+/m1/s1. The molecule has 2 aliphatic rings. The Labute approximate surface area is 124 Å². The summed E-state index contributed by atoms with van der Waals surface area (Å²) in [6.07, 6.45) is 1.90. The second kappa shape index (κ2) is 4.53. The molecule has 4 nitrogen and oxygen atoms in total. The maximum Gasteiger partial charge on any atom is 0.225 e. The Morgan fingerprint density at radius 2 is 2.35 bits per heavy atom. The van der Waals surface area contributed by atoms with Crippen LogP contribution in [0.2, 0.25) is 0 Å². The molecule has 110 valence electrons. The lowest BCUT2D eigenvalue weighted by Crippen LogP contribution is -2.59. The van der Waals surface area contributed by atoms with Crippen molar-refractivity contribution in [2.75, 3.05) is 19.6 Å². The van der Waals surface area contributed by atoms with Crippen LogP contribution >= 0.6 is 11.3 Å². The van der Waals surface area contributed by atoms with Crippen molar-refractivity contribution in [3.05, 3.63) is 16.1 Å². The van der Waals surface area contributed by atoms with E-state index in [0.717, 1.165) is 37.5 Å². The highest BCUT2D eigenvalue weighted by atomic mass is 32.1. The zero-order valence-electron chi connectivity index (χ0n) is 12.5. The Bertz CT molecular complexity index is 539. The molecule has 0 radical (unpaired) electrons. The molecule has 3 rings (SSSR count). The molecule has 20 heavy (non-hydrogen) atoms. The summed E-state index contributed by atoms with van der Waals surface area (Å²) in [4.78, 5) is 18.8. The number of nitrogens with zero attached hydrogens (tertiary/aromatic N) is 2. The van der Waals surface area contributed by atoms with Crippen LogP contribution in [0.4, 0.5) is 0 Å². The van der Waals surface area contributed by atoms with Gasteiger partial charge in [-0.3, -0.25) is 4.79 Å². The number of primary amides is 1. The number of aromatic nitrogens is 1. The number of hydrogen-bond donors (Lipinski definition) is 1. The normalized spacial score (nSPS) is 31.9. The average molecular weight is 293 g/mol. The van der Waals surface area contributed by atoms with Gasteiger partial charge in [0.2, 0.25) is 5.91 Å². The van der Waals surface area contributed by atoms with Crippen molar-refractivity contribution in [3.8, 4) is 0 Å². The van der Waals surface area contributed by atoms with E-state index in [4.69, 9.17) is 5.73 Å². The van der Waals surface area contributed by atoms with Crippen LogP contribution in [-0.4, -0.2) is 35.4 Å². The summed E-state index contributed by atoms with van der Waals surface area (Å²) >= 11 is 1.70. The summed E-state index contributed by atoms with van der Waals surface area (Å²) in [6.45, 7) is 9.36. The van der Waals surface area contributed by atoms with Gasteiger partial charge < -0.3 is 10.6 Å². The Kier molecular flexibility index (Phi) is 3.18. The third kappa shape index (κ3) is 2.07. The Hall–Kier alpha value is -0.940. The number of hydrogen-bond acceptors (Lipinski definition) is 4. The highest BCUT2D eigenvalue weighted by Crippen LogP contribution is 2.62. The van der Waals surface area contributed by atoms with Gasteiger partial charge in [0.05, 0.1) is 16.1 Å². The molecule has 0 spiro atoms. The van der Waals surface area contributed by atoms with E-state index in [1.807, 2.05) is 6.92 Å². The van der Waals surface area contributed by atoms with Crippen LogP contribution in [0.3, 0.4) is 0 Å². The number of aryl methyl sites for hydroxylation is 1. The molecule has 1 saturated heterocycles. The van der Waals surface area contributed by atoms with Gasteiger partial charge in [-0.2, -0.15) is 0 Å². The Morgan fingerprint density at radius 1 is 1.60 bits per heavy atom. The summed E-state index contributed by atoms with van der Waals surface area (Å²) in [5.74, 6) is 0.318. The van der Waals surface area contributed by atoms with E-state index in [1.165, 1.54) is 5.69 Å². The fraction of sp³-hybridized carbons (Fsp3) is 0.733. The van der Waals surface area contributed by atoms with Crippen molar-refractivity contribution in [2.24, 2.45) is 22.5 Å². The van der Waals surface area contributed by atoms with Crippen molar-refractivity contribution in [2.45, 2.75) is 33.6 Å². The average Bonchev–Trinajstić information content (AvgIpc) is 2.89. The number of likely N-dealkylation sites (tertiary alicyclic amines) is 1. The van der Waals surface area contributed by atoms with E-state index in [9.17, 15) is 4.79 Å². The molecule has 0 unspecified atom stereocenters. The van der Waals surface area contributed by atoms with Crippen LogP contribution in [-0.2, 0) is 11.2 Å². The summed E-state index contributed by atoms with van der Waals surface area (Å²) in [5.41, 5.74) is 6.85. The molecule has 2 fully saturated rings. The van der Waals surface area contributed by atoms with E-state index in [2.05, 4.69) is 29.1 Å². The molecular formula is C15H23N3OS. The van der Waals surface area contributed by atoms with Crippen molar-refractivity contribution in [1.29, 1.82) is 0 Å². The topological polar surface area (TPSA) is 59.2 Å². The van der Waals surface area contributed by atoms with Gasteiger partial charge >= 0.3 is 0 Å². The molecule has 0 aromatic carbocycles. The van der Waals surface area contributed by atoms with Gasteiger partial charge in [0.15, 0.2) is 0 Å². The Balaban J connectivity index is 1.65. The molecule has 5 heteroatoms. The summed E-state index contributed by atoms with van der Waals surface area (Å²) in [7, 11) is 0. The molecule has 1 aliphatic carbocycles. The van der Waals surface area contributed by atoms with E-state index in [1.54, 1.807) is 11.3 Å². The van der Waals surface area contributed by atoms with Crippen LogP contribution in [0.5, 0.6) is 0 Å². The minimum absolute atomic E-state index is 0.103. The van der Waals surface area contributed by atoms with Gasteiger partial charge in [-0.25, -0.2) is 4.98 Å². The second-order valence-electron chi connectivity index (χ2n) is 7.08. The molecule has 2 heterocycles. The smallest absolute Gasteiger partial charge is 0.225 e. The first-order valence-electron chi connectivity index (χ1n) is 7.27. The van der Waals surface area contributed by atoms with Crippen molar-refractivity contribution in [1.82, 2.24) is 9.88 Å². The largest absolute Gasteiger partial charge is 0.369 e. The molecule has 2 N–H and O–H groups in total. The highest BCUT2D eigenvalue weighted by Gasteiger charge is 2.65. The van der Waals surface area contributed by atoms with Gasteiger partial charge in [-0.1, -0.05) is 13.8 Å². The van der Waals surface area contributed by atoms with E-state index in [0.29, 0.717) is 5.92 Å². The number of rotatable bonds is 4. The van der Waals surface area contributed by atoms with Crippen molar-refractivity contribution >= 4 is 17.2 Å². The first-order chi connectivity index (χ1) is 9.33. The molecule has 1 saturated carbocycles. The van der Waals surface area contributed by atoms with Crippen molar-refractivity contribution in [3.63, 3.8) is 0 Å². The number of carbonyl (C=O) groups excluding carboxylic acids is 1. The minimum Gasteiger partial charge on any atom is -0.369 e. The maximum absolute atomic E-state index is 11.9. The fourth-order valence-corrected chi connectivity index (χ4v) is 4.94. The van der Waals surface area contributed by atoms with Gasteiger partial charge in [-0.15, -0.1) is 11.3 Å². The maximum atomic E-state index is 11.9. The third-order valence-electron chi connectivity index (χ3n) is 5.17. The van der Waals surface area contributed by atoms with Crippen LogP contribution in [0.15, 0.2) is 5.38 Å². The number of nitrogens with two attached hydrogens (primary N) is 1. The summed E-state index contributed by atoms with van der Waals surface area (Å²) in [6, 6.07) is 0. The lowest BCUT2D eigenvalue weighted by molar-refractivity contribution is -0.148. The molecule has 1 amide bonds. The van der Waals surface area contributed by atoms with Gasteiger partial charge in [-0.05, 0) is 24.7 Å². The Morgan fingerprint density at radius 3 is 2.85 bits per heavy atom. The van der Waals surface area contributed by atoms with E-state index in [-0.39, 0.29) is 16.7 Å². The van der Waals surface area contributed by atoms with E-state index >= 15 is 0 Å². The molecular weight excluding hydrogens is 270 g/mol. The van der Waals surface area contributed by atoms with E-state index < -0.39 is 0 Å². The third-order valence-corrected chi connectivity index (χ3v) is 5.99. The number of fused-ring (bicyclic) bond motifs is 1. The molecule has 1 aromatic rings. The first-order valence-corrected chi connectivity index (χ1v) is 8.15. The number of amides is 1. The lowest BCUT2D eigenvalue weighted by Gasteiger charge is -2.54. The zero-order valence-corrected chi connectivity index (χ0v) is 13.3. The predicted octanol–water partition coefficient (Wildman–Crippen LogP) is 1.83. The number of thiazole rings is 1. The van der Waals surface area contributed by atoms with Crippen LogP contribution in [0.25, 0.3) is 0 Å². The second-order valence-corrected chi connectivity index (χ2v) is 8.14. The summed E-state index contributed by atoms with van der Waals surface area (Å²) < 4.78 is 0. The molecule has 1 aliphatic heterocycles. The van der Waals surface area contributed by atoms with Gasteiger partial charge in [0, 0.05) is 31.4 Å². The molecule has 2 atom stereocenters. The van der Waals surface area contributed by atoms with Crippen LogP contribution in [0, 0.1) is 23.7 Å². The van der Waals surface area contributed by atoms with Gasteiger partial charge in [0.25, 0.3) is 0 Å². The van der Waals surface area contributed by atoms with Crippen LogP contribution < -0.4 is 5.73 Å². The monoisotopic (exact) mass is 293 g/mol. The zero-order chi connectivity index (χ0) is 14.5. The predicted molar refractivity (Wildman–Crippen MR) is 80.5 cm³/mol. The summed E-state index contributed by atoms with van der Waals surface area (Å²) in [5, 5.41) is 3.25. The molecule has 0 bridgehead atoms. The SMILES string of the molecule is Cc1nc(CCN2C[C@@H]3C(C)(C)C[C@]3(C(N)=O)C2)cs1. The molecule has 1 aromatic heterocycles. The first kappa shape index (κ1) is 14.0. The van der Waals surface area contributed by atoms with Gasteiger partial charge in [0.1, 0.15) is 0 Å². The number of carbonyl (C=O) groups is 1. The van der Waals surface area contributed by atoms with Crippen LogP contribution in [0.1, 0.15) is 31.0 Å².